The number of para-hydroxylation sites is 2. The van der Waals surface area contributed by atoms with Gasteiger partial charge in [-0.15, -0.1) is 0 Å². The fourth-order valence-electron chi connectivity index (χ4n) is 4.18. The summed E-state index contributed by atoms with van der Waals surface area (Å²) in [4.78, 5) is 25.3. The van der Waals surface area contributed by atoms with Gasteiger partial charge in [-0.3, -0.25) is 4.79 Å². The van der Waals surface area contributed by atoms with Crippen molar-refractivity contribution in [2.75, 3.05) is 26.4 Å². The van der Waals surface area contributed by atoms with Crippen LogP contribution < -0.4 is 18.9 Å². The molecule has 1 unspecified atom stereocenters. The first kappa shape index (κ1) is 21.9. The van der Waals surface area contributed by atoms with E-state index in [1.54, 1.807) is 18.2 Å². The average molecular weight is 463 g/mol. The SMILES string of the molecule is Cc1cc(C(=O)COC(=O)c2ccc3c(c2)OCCO3)c(C)n1CC1COc2ccccc2O1. The second-order valence-electron chi connectivity index (χ2n) is 8.25. The van der Waals surface area contributed by atoms with Crippen molar-refractivity contribution < 1.29 is 33.3 Å². The lowest BCUT2D eigenvalue weighted by atomic mass is 10.1. The van der Waals surface area contributed by atoms with Gasteiger partial charge < -0.3 is 28.3 Å². The van der Waals surface area contributed by atoms with Crippen molar-refractivity contribution in [1.29, 1.82) is 0 Å². The number of nitrogens with zero attached hydrogens (tertiary/aromatic N) is 1. The number of benzene rings is 2. The van der Waals surface area contributed by atoms with Gasteiger partial charge in [0.2, 0.25) is 5.78 Å². The lowest BCUT2D eigenvalue weighted by Gasteiger charge is -2.27. The summed E-state index contributed by atoms with van der Waals surface area (Å²) in [6.07, 6.45) is -0.185. The van der Waals surface area contributed by atoms with Gasteiger partial charge in [-0.2, -0.15) is 0 Å². The number of esters is 1. The highest BCUT2D eigenvalue weighted by Crippen LogP contribution is 2.32. The molecule has 0 spiro atoms. The predicted molar refractivity (Wildman–Crippen MR) is 122 cm³/mol. The zero-order valence-corrected chi connectivity index (χ0v) is 19.0. The highest BCUT2D eigenvalue weighted by atomic mass is 16.6. The maximum Gasteiger partial charge on any atom is 0.338 e. The van der Waals surface area contributed by atoms with Gasteiger partial charge in [0.25, 0.3) is 0 Å². The topological polar surface area (TPSA) is 85.2 Å². The Morgan fingerprint density at radius 1 is 0.941 bits per heavy atom. The maximum atomic E-state index is 12.9. The standard InChI is InChI=1S/C26H25NO7/c1-16-11-20(17(2)27(16)13-19-14-32-22-5-3-4-6-24(22)34-19)21(28)15-33-26(29)18-7-8-23-25(12-18)31-10-9-30-23/h3-8,11-12,19H,9-10,13-15H2,1-2H3. The fourth-order valence-corrected chi connectivity index (χ4v) is 4.18. The van der Waals surface area contributed by atoms with Crippen LogP contribution >= 0.6 is 0 Å². The van der Waals surface area contributed by atoms with Gasteiger partial charge in [0.15, 0.2) is 35.7 Å². The van der Waals surface area contributed by atoms with Crippen LogP contribution in [0.1, 0.15) is 32.1 Å². The molecule has 1 aromatic heterocycles. The largest absolute Gasteiger partial charge is 0.486 e. The Balaban J connectivity index is 1.23. The lowest BCUT2D eigenvalue weighted by Crippen LogP contribution is -2.33. The number of hydrogen-bond acceptors (Lipinski definition) is 7. The van der Waals surface area contributed by atoms with E-state index in [0.717, 1.165) is 17.1 Å². The first-order chi connectivity index (χ1) is 16.5. The number of aromatic nitrogens is 1. The van der Waals surface area contributed by atoms with E-state index in [1.165, 1.54) is 0 Å². The summed E-state index contributed by atoms with van der Waals surface area (Å²) >= 11 is 0. The third-order valence-electron chi connectivity index (χ3n) is 5.94. The Kier molecular flexibility index (Phi) is 5.88. The summed E-state index contributed by atoms with van der Waals surface area (Å²) < 4.78 is 30.1. The second kappa shape index (κ2) is 9.13. The third kappa shape index (κ3) is 4.31. The molecule has 2 aliphatic rings. The molecule has 0 bridgehead atoms. The predicted octanol–water partition coefficient (Wildman–Crippen LogP) is 3.76. The number of carbonyl (C=O) groups excluding carboxylic acids is 2. The Morgan fingerprint density at radius 3 is 2.50 bits per heavy atom. The van der Waals surface area contributed by atoms with Gasteiger partial charge in [0.05, 0.1) is 12.1 Å². The molecule has 34 heavy (non-hydrogen) atoms. The summed E-state index contributed by atoms with van der Waals surface area (Å²) in [5.74, 6) is 1.66. The van der Waals surface area contributed by atoms with Crippen LogP contribution in [0.4, 0.5) is 0 Å². The van der Waals surface area contributed by atoms with Crippen LogP contribution in [0.25, 0.3) is 0 Å². The van der Waals surface area contributed by atoms with E-state index in [9.17, 15) is 9.59 Å². The Hall–Kier alpha value is -3.94. The molecule has 0 saturated carbocycles. The van der Waals surface area contributed by atoms with Gasteiger partial charge in [-0.25, -0.2) is 4.79 Å². The van der Waals surface area contributed by atoms with Gasteiger partial charge >= 0.3 is 5.97 Å². The number of hydrogen-bond donors (Lipinski definition) is 0. The van der Waals surface area contributed by atoms with Crippen LogP contribution in [0.15, 0.2) is 48.5 Å². The van der Waals surface area contributed by atoms with Gasteiger partial charge in [0, 0.05) is 17.0 Å². The van der Waals surface area contributed by atoms with Crippen molar-refractivity contribution in [2.24, 2.45) is 0 Å². The monoisotopic (exact) mass is 463 g/mol. The number of carbonyl (C=O) groups is 2. The zero-order chi connectivity index (χ0) is 23.7. The van der Waals surface area contributed by atoms with Crippen LogP contribution in [-0.2, 0) is 11.3 Å². The molecule has 0 saturated heterocycles. The molecule has 0 radical (unpaired) electrons. The van der Waals surface area contributed by atoms with Crippen molar-refractivity contribution in [1.82, 2.24) is 4.57 Å². The van der Waals surface area contributed by atoms with E-state index in [0.29, 0.717) is 54.7 Å². The molecule has 0 fully saturated rings. The molecule has 0 aliphatic carbocycles. The number of rotatable bonds is 6. The first-order valence-electron chi connectivity index (χ1n) is 11.1. The highest BCUT2D eigenvalue weighted by Gasteiger charge is 2.24. The van der Waals surface area contributed by atoms with Gasteiger partial charge in [0.1, 0.15) is 19.8 Å². The molecule has 0 N–H and O–H groups in total. The quantitative estimate of drug-likeness (QED) is 0.407. The molecule has 2 aliphatic heterocycles. The number of Topliss-reactive ketones (excluding diaryl/α,β-unsaturated/α-hetero) is 1. The Labute approximate surface area is 196 Å². The average Bonchev–Trinajstić information content (AvgIpc) is 3.15. The minimum absolute atomic E-state index is 0.185. The maximum absolute atomic E-state index is 12.9. The molecular weight excluding hydrogens is 438 g/mol. The van der Waals surface area contributed by atoms with Crippen molar-refractivity contribution in [3.63, 3.8) is 0 Å². The molecule has 8 nitrogen and oxygen atoms in total. The zero-order valence-electron chi connectivity index (χ0n) is 19.0. The molecule has 3 heterocycles. The first-order valence-corrected chi connectivity index (χ1v) is 11.1. The normalized spacial score (nSPS) is 16.1. The minimum Gasteiger partial charge on any atom is -0.486 e. The molecule has 2 aromatic carbocycles. The van der Waals surface area contributed by atoms with Crippen molar-refractivity contribution >= 4 is 11.8 Å². The second-order valence-corrected chi connectivity index (χ2v) is 8.25. The van der Waals surface area contributed by atoms with E-state index < -0.39 is 5.97 Å². The van der Waals surface area contributed by atoms with Crippen LogP contribution in [0.5, 0.6) is 23.0 Å². The van der Waals surface area contributed by atoms with E-state index in [4.69, 9.17) is 23.7 Å². The molecule has 0 amide bonds. The van der Waals surface area contributed by atoms with E-state index in [-0.39, 0.29) is 18.5 Å². The molecule has 8 heteroatoms. The van der Waals surface area contributed by atoms with Crippen molar-refractivity contribution in [3.8, 4) is 23.0 Å². The highest BCUT2D eigenvalue weighted by molar-refractivity contribution is 6.00. The third-order valence-corrected chi connectivity index (χ3v) is 5.94. The molecular formula is C26H25NO7. The fraction of sp³-hybridized carbons (Fsp3) is 0.308. The number of aryl methyl sites for hydroxylation is 1. The molecule has 3 aromatic rings. The lowest BCUT2D eigenvalue weighted by molar-refractivity contribution is 0.0473. The molecule has 5 rings (SSSR count). The van der Waals surface area contributed by atoms with E-state index >= 15 is 0 Å². The van der Waals surface area contributed by atoms with Crippen LogP contribution in [-0.4, -0.2) is 48.9 Å². The number of fused-ring (bicyclic) bond motifs is 2. The van der Waals surface area contributed by atoms with Gasteiger partial charge in [-0.1, -0.05) is 12.1 Å². The molecule has 176 valence electrons. The van der Waals surface area contributed by atoms with Crippen LogP contribution in [0.2, 0.25) is 0 Å². The number of ketones is 1. The molecule has 1 atom stereocenters. The summed E-state index contributed by atoms with van der Waals surface area (Å²) in [7, 11) is 0. The smallest absolute Gasteiger partial charge is 0.338 e. The van der Waals surface area contributed by atoms with Crippen molar-refractivity contribution in [3.05, 3.63) is 71.0 Å². The summed E-state index contributed by atoms with van der Waals surface area (Å²) in [5.41, 5.74) is 2.53. The Bertz CT molecular complexity index is 1250. The van der Waals surface area contributed by atoms with Crippen molar-refractivity contribution in [2.45, 2.75) is 26.5 Å². The minimum atomic E-state index is -0.592. The summed E-state index contributed by atoms with van der Waals surface area (Å²) in [5, 5.41) is 0. The van der Waals surface area contributed by atoms with Gasteiger partial charge in [-0.05, 0) is 50.2 Å². The van der Waals surface area contributed by atoms with E-state index in [2.05, 4.69) is 0 Å². The van der Waals surface area contributed by atoms with E-state index in [1.807, 2.05) is 48.7 Å². The van der Waals surface area contributed by atoms with Crippen LogP contribution in [0.3, 0.4) is 0 Å². The summed E-state index contributed by atoms with van der Waals surface area (Å²) in [6.45, 7) is 5.30. The van der Waals surface area contributed by atoms with Crippen LogP contribution in [0, 0.1) is 13.8 Å². The number of ether oxygens (including phenoxy) is 5. The Morgan fingerprint density at radius 2 is 1.68 bits per heavy atom. The summed E-state index contributed by atoms with van der Waals surface area (Å²) in [6, 6.07) is 14.2.